The SMILES string of the molecule is CCn1cc(C(=O)C2(C)COCC2N)cn1. The summed E-state index contributed by atoms with van der Waals surface area (Å²) in [5, 5.41) is 4.10. The fourth-order valence-corrected chi connectivity index (χ4v) is 1.91. The van der Waals surface area contributed by atoms with Crippen LogP contribution in [0.5, 0.6) is 0 Å². The third-order valence-corrected chi connectivity index (χ3v) is 3.26. The van der Waals surface area contributed by atoms with E-state index < -0.39 is 5.41 Å². The summed E-state index contributed by atoms with van der Waals surface area (Å²) in [5.74, 6) is 0.0252. The number of ketones is 1. The van der Waals surface area contributed by atoms with Gasteiger partial charge in [0.25, 0.3) is 0 Å². The molecule has 1 fully saturated rings. The topological polar surface area (TPSA) is 70.1 Å². The van der Waals surface area contributed by atoms with Gasteiger partial charge in [-0.2, -0.15) is 5.10 Å². The van der Waals surface area contributed by atoms with Gasteiger partial charge in [-0.15, -0.1) is 0 Å². The average molecular weight is 223 g/mol. The Kier molecular flexibility index (Phi) is 2.82. The van der Waals surface area contributed by atoms with Crippen molar-refractivity contribution in [3.8, 4) is 0 Å². The summed E-state index contributed by atoms with van der Waals surface area (Å²) in [6.07, 6.45) is 3.36. The van der Waals surface area contributed by atoms with Crippen molar-refractivity contribution >= 4 is 5.78 Å². The molecule has 1 aliphatic heterocycles. The second kappa shape index (κ2) is 3.99. The van der Waals surface area contributed by atoms with Crippen LogP contribution in [0.2, 0.25) is 0 Å². The molecule has 2 rings (SSSR count). The van der Waals surface area contributed by atoms with E-state index in [2.05, 4.69) is 5.10 Å². The summed E-state index contributed by atoms with van der Waals surface area (Å²) in [4.78, 5) is 12.3. The number of carbonyl (C=O) groups excluding carboxylic acids is 1. The van der Waals surface area contributed by atoms with Gasteiger partial charge in [-0.3, -0.25) is 9.48 Å². The molecule has 5 nitrogen and oxygen atoms in total. The number of ether oxygens (including phenoxy) is 1. The van der Waals surface area contributed by atoms with Crippen LogP contribution in [0.3, 0.4) is 0 Å². The molecule has 0 aliphatic carbocycles. The second-order valence-corrected chi connectivity index (χ2v) is 4.45. The van der Waals surface area contributed by atoms with E-state index in [-0.39, 0.29) is 11.8 Å². The lowest BCUT2D eigenvalue weighted by Gasteiger charge is -2.24. The minimum atomic E-state index is -0.610. The first-order chi connectivity index (χ1) is 7.58. The zero-order valence-corrected chi connectivity index (χ0v) is 9.64. The van der Waals surface area contributed by atoms with Gasteiger partial charge in [0, 0.05) is 18.8 Å². The molecule has 2 N–H and O–H groups in total. The normalized spacial score (nSPS) is 29.6. The molecule has 0 radical (unpaired) electrons. The lowest BCUT2D eigenvalue weighted by molar-refractivity contribution is 0.0767. The monoisotopic (exact) mass is 223 g/mol. The van der Waals surface area contributed by atoms with Gasteiger partial charge in [0.1, 0.15) is 0 Å². The Morgan fingerprint density at radius 2 is 2.56 bits per heavy atom. The highest BCUT2D eigenvalue weighted by atomic mass is 16.5. The first-order valence-electron chi connectivity index (χ1n) is 5.48. The zero-order valence-electron chi connectivity index (χ0n) is 9.64. The van der Waals surface area contributed by atoms with Gasteiger partial charge in [-0.05, 0) is 13.8 Å². The Labute approximate surface area is 94.6 Å². The summed E-state index contributed by atoms with van der Waals surface area (Å²) >= 11 is 0. The molecule has 5 heteroatoms. The summed E-state index contributed by atoms with van der Waals surface area (Å²) in [6.45, 7) is 5.44. The third kappa shape index (κ3) is 1.66. The van der Waals surface area contributed by atoms with Gasteiger partial charge < -0.3 is 10.5 Å². The molecule has 0 amide bonds. The molecule has 2 unspecified atom stereocenters. The summed E-state index contributed by atoms with van der Waals surface area (Å²) in [7, 11) is 0. The quantitative estimate of drug-likeness (QED) is 0.755. The lowest BCUT2D eigenvalue weighted by atomic mass is 9.79. The molecular formula is C11H17N3O2. The number of hydrogen-bond donors (Lipinski definition) is 1. The number of hydrogen-bond acceptors (Lipinski definition) is 4. The number of carbonyl (C=O) groups is 1. The Bertz CT molecular complexity index is 402. The molecule has 0 bridgehead atoms. The van der Waals surface area contributed by atoms with E-state index in [0.29, 0.717) is 18.8 Å². The van der Waals surface area contributed by atoms with Crippen LogP contribution in [0.1, 0.15) is 24.2 Å². The van der Waals surface area contributed by atoms with Crippen molar-refractivity contribution in [3.05, 3.63) is 18.0 Å². The van der Waals surface area contributed by atoms with Crippen molar-refractivity contribution in [1.82, 2.24) is 9.78 Å². The van der Waals surface area contributed by atoms with Crippen molar-refractivity contribution in [2.24, 2.45) is 11.1 Å². The summed E-state index contributed by atoms with van der Waals surface area (Å²) < 4.78 is 7.01. The number of nitrogens with zero attached hydrogens (tertiary/aromatic N) is 2. The molecule has 88 valence electrons. The van der Waals surface area contributed by atoms with E-state index in [4.69, 9.17) is 10.5 Å². The zero-order chi connectivity index (χ0) is 11.8. The molecule has 1 saturated heterocycles. The van der Waals surface area contributed by atoms with Crippen molar-refractivity contribution < 1.29 is 9.53 Å². The summed E-state index contributed by atoms with van der Waals surface area (Å²) in [5.41, 5.74) is 5.92. The van der Waals surface area contributed by atoms with Crippen molar-refractivity contribution in [3.63, 3.8) is 0 Å². The smallest absolute Gasteiger partial charge is 0.175 e. The lowest BCUT2D eigenvalue weighted by Crippen LogP contribution is -2.44. The summed E-state index contributed by atoms with van der Waals surface area (Å²) in [6, 6.07) is -0.232. The first-order valence-corrected chi connectivity index (χ1v) is 5.48. The Morgan fingerprint density at radius 1 is 1.81 bits per heavy atom. The molecule has 2 heterocycles. The van der Waals surface area contributed by atoms with E-state index in [1.54, 1.807) is 17.1 Å². The molecular weight excluding hydrogens is 206 g/mol. The maximum absolute atomic E-state index is 12.3. The fraction of sp³-hybridized carbons (Fsp3) is 0.636. The average Bonchev–Trinajstić information content (AvgIpc) is 2.86. The standard InChI is InChI=1S/C11H17N3O2/c1-3-14-5-8(4-13-14)10(15)11(2)7-16-6-9(11)12/h4-5,9H,3,6-7,12H2,1-2H3. The number of Topliss-reactive ketones (excluding diaryl/α,β-unsaturated/α-hetero) is 1. The molecule has 0 saturated carbocycles. The Morgan fingerprint density at radius 3 is 3.06 bits per heavy atom. The van der Waals surface area contributed by atoms with E-state index in [1.807, 2.05) is 13.8 Å². The molecule has 1 aromatic heterocycles. The number of aryl methyl sites for hydroxylation is 1. The molecule has 16 heavy (non-hydrogen) atoms. The van der Waals surface area contributed by atoms with E-state index in [0.717, 1.165) is 6.54 Å². The predicted molar refractivity (Wildman–Crippen MR) is 59.1 cm³/mol. The van der Waals surface area contributed by atoms with Crippen molar-refractivity contribution in [1.29, 1.82) is 0 Å². The predicted octanol–water partition coefficient (Wildman–Crippen LogP) is 0.449. The minimum Gasteiger partial charge on any atom is -0.379 e. The van der Waals surface area contributed by atoms with Crippen LogP contribution in [0, 0.1) is 5.41 Å². The van der Waals surface area contributed by atoms with E-state index >= 15 is 0 Å². The maximum atomic E-state index is 12.3. The maximum Gasteiger partial charge on any atom is 0.175 e. The molecule has 1 aliphatic rings. The highest BCUT2D eigenvalue weighted by Gasteiger charge is 2.44. The Balaban J connectivity index is 2.24. The molecule has 0 aromatic carbocycles. The van der Waals surface area contributed by atoms with Crippen LogP contribution < -0.4 is 5.73 Å². The van der Waals surface area contributed by atoms with Gasteiger partial charge in [0.05, 0.1) is 30.4 Å². The minimum absolute atomic E-state index is 0.0252. The van der Waals surface area contributed by atoms with Crippen LogP contribution in [-0.4, -0.2) is 34.8 Å². The second-order valence-electron chi connectivity index (χ2n) is 4.45. The van der Waals surface area contributed by atoms with Gasteiger partial charge >= 0.3 is 0 Å². The van der Waals surface area contributed by atoms with Crippen LogP contribution >= 0.6 is 0 Å². The fourth-order valence-electron chi connectivity index (χ4n) is 1.91. The van der Waals surface area contributed by atoms with E-state index in [1.165, 1.54) is 0 Å². The number of aromatic nitrogens is 2. The molecule has 0 spiro atoms. The van der Waals surface area contributed by atoms with Gasteiger partial charge in [0.2, 0.25) is 0 Å². The van der Waals surface area contributed by atoms with Crippen LogP contribution in [-0.2, 0) is 11.3 Å². The van der Waals surface area contributed by atoms with Gasteiger partial charge in [0.15, 0.2) is 5.78 Å². The van der Waals surface area contributed by atoms with Crippen LogP contribution in [0.15, 0.2) is 12.4 Å². The highest BCUT2D eigenvalue weighted by molar-refractivity contribution is 6.00. The number of nitrogens with two attached hydrogens (primary N) is 1. The van der Waals surface area contributed by atoms with Crippen molar-refractivity contribution in [2.75, 3.05) is 13.2 Å². The Hall–Kier alpha value is -1.20. The van der Waals surface area contributed by atoms with E-state index in [9.17, 15) is 4.79 Å². The third-order valence-electron chi connectivity index (χ3n) is 3.26. The largest absolute Gasteiger partial charge is 0.379 e. The molecule has 1 aromatic rings. The highest BCUT2D eigenvalue weighted by Crippen LogP contribution is 2.30. The van der Waals surface area contributed by atoms with Crippen LogP contribution in [0.4, 0.5) is 0 Å². The van der Waals surface area contributed by atoms with Gasteiger partial charge in [-0.1, -0.05) is 0 Å². The number of rotatable bonds is 3. The van der Waals surface area contributed by atoms with Crippen molar-refractivity contribution in [2.45, 2.75) is 26.4 Å². The first kappa shape index (κ1) is 11.3. The van der Waals surface area contributed by atoms with Crippen LogP contribution in [0.25, 0.3) is 0 Å². The molecule has 2 atom stereocenters. The van der Waals surface area contributed by atoms with Gasteiger partial charge in [-0.25, -0.2) is 0 Å².